The number of alkyl halides is 1. The number of fused-ring (bicyclic) bond motifs is 3. The number of benzene rings is 1. The van der Waals surface area contributed by atoms with E-state index in [9.17, 15) is 8.78 Å². The van der Waals surface area contributed by atoms with Crippen LogP contribution in [0.1, 0.15) is 49.5 Å². The molecule has 0 amide bonds. The maximum Gasteiger partial charge on any atom is 0.229 e. The first-order chi connectivity index (χ1) is 20.0. The van der Waals surface area contributed by atoms with Crippen molar-refractivity contribution in [2.45, 2.75) is 51.1 Å². The van der Waals surface area contributed by atoms with Gasteiger partial charge in [0.1, 0.15) is 29.5 Å². The number of pyridine rings is 1. The van der Waals surface area contributed by atoms with E-state index < -0.39 is 24.4 Å². The van der Waals surface area contributed by atoms with Gasteiger partial charge >= 0.3 is 0 Å². The van der Waals surface area contributed by atoms with E-state index in [-0.39, 0.29) is 22.7 Å². The number of nitrogens with one attached hydrogen (secondary N) is 2. The SMILES string of the molecule is FCC1CCc2nc3c(F)cc(-c4nc(Nc5ccc(CN6CCC7(CCNCC7)CC6)cn5)ncc4F)cc3n21. The van der Waals surface area contributed by atoms with Gasteiger partial charge in [-0.1, -0.05) is 6.07 Å². The average Bonchev–Trinajstić information content (AvgIpc) is 3.57. The zero-order valence-electron chi connectivity index (χ0n) is 22.8. The molecule has 2 saturated heterocycles. The Morgan fingerprint density at radius 1 is 0.976 bits per heavy atom. The van der Waals surface area contributed by atoms with E-state index >= 15 is 4.39 Å². The topological polar surface area (TPSA) is 83.8 Å². The summed E-state index contributed by atoms with van der Waals surface area (Å²) in [6, 6.07) is 6.33. The highest BCUT2D eigenvalue weighted by molar-refractivity contribution is 5.83. The van der Waals surface area contributed by atoms with Crippen LogP contribution < -0.4 is 10.6 Å². The molecule has 41 heavy (non-hydrogen) atoms. The Bertz CT molecular complexity index is 1550. The molecular formula is C30H33F3N8. The normalized spacial score (nSPS) is 20.5. The van der Waals surface area contributed by atoms with Gasteiger partial charge in [-0.2, -0.15) is 0 Å². The van der Waals surface area contributed by atoms with Crippen LogP contribution in [0, 0.1) is 17.0 Å². The van der Waals surface area contributed by atoms with Gasteiger partial charge in [0.15, 0.2) is 11.6 Å². The van der Waals surface area contributed by atoms with Gasteiger partial charge in [-0.3, -0.25) is 4.90 Å². The van der Waals surface area contributed by atoms with Crippen molar-refractivity contribution < 1.29 is 13.2 Å². The number of imidazole rings is 1. The molecule has 1 spiro atoms. The monoisotopic (exact) mass is 562 g/mol. The predicted molar refractivity (Wildman–Crippen MR) is 151 cm³/mol. The second-order valence-corrected chi connectivity index (χ2v) is 11.7. The smallest absolute Gasteiger partial charge is 0.229 e. The van der Waals surface area contributed by atoms with Gasteiger partial charge in [-0.25, -0.2) is 33.1 Å². The van der Waals surface area contributed by atoms with Crippen LogP contribution in [0.4, 0.5) is 24.9 Å². The standard InChI is InChI=1S/C30H33F3N8/c31-15-21-2-4-26-38-28-22(32)13-20(14-24(28)41(21)26)27-23(33)17-36-29(39-27)37-25-3-1-19(16-35-25)18-40-11-7-30(8-12-40)5-9-34-10-6-30/h1,3,13-14,16-17,21,34H,2,4-12,15,18H2,(H,35,36,37,39). The third-order valence-electron chi connectivity index (χ3n) is 9.14. The lowest BCUT2D eigenvalue weighted by molar-refractivity contribution is 0.0701. The first-order valence-electron chi connectivity index (χ1n) is 14.4. The highest BCUT2D eigenvalue weighted by atomic mass is 19.1. The summed E-state index contributed by atoms with van der Waals surface area (Å²) < 4.78 is 45.2. The van der Waals surface area contributed by atoms with E-state index in [4.69, 9.17) is 0 Å². The largest absolute Gasteiger partial charge is 0.322 e. The van der Waals surface area contributed by atoms with E-state index in [2.05, 4.69) is 35.5 Å². The number of halogens is 3. The summed E-state index contributed by atoms with van der Waals surface area (Å²) in [7, 11) is 0. The molecule has 1 aromatic carbocycles. The number of hydrogen-bond acceptors (Lipinski definition) is 7. The van der Waals surface area contributed by atoms with Crippen LogP contribution in [-0.2, 0) is 13.0 Å². The molecule has 0 bridgehead atoms. The first kappa shape index (κ1) is 26.3. The molecular weight excluding hydrogens is 529 g/mol. The zero-order chi connectivity index (χ0) is 28.0. The van der Waals surface area contributed by atoms with Crippen molar-refractivity contribution in [2.24, 2.45) is 5.41 Å². The molecule has 0 aliphatic carbocycles. The minimum absolute atomic E-state index is 0.0538. The van der Waals surface area contributed by atoms with Crippen molar-refractivity contribution in [3.8, 4) is 11.3 Å². The summed E-state index contributed by atoms with van der Waals surface area (Å²) in [4.78, 5) is 19.8. The van der Waals surface area contributed by atoms with E-state index in [0.29, 0.717) is 35.4 Å². The molecule has 1 atom stereocenters. The number of hydrogen-bond donors (Lipinski definition) is 2. The fourth-order valence-corrected chi connectivity index (χ4v) is 6.73. The lowest BCUT2D eigenvalue weighted by Gasteiger charge is -2.44. The molecule has 1 unspecified atom stereocenters. The molecule has 3 aliphatic rings. The van der Waals surface area contributed by atoms with Gasteiger partial charge in [0.2, 0.25) is 5.95 Å². The number of rotatable bonds is 6. The van der Waals surface area contributed by atoms with Crippen LogP contribution in [0.15, 0.2) is 36.7 Å². The molecule has 3 aliphatic heterocycles. The van der Waals surface area contributed by atoms with Crippen molar-refractivity contribution in [1.29, 1.82) is 0 Å². The molecule has 2 fully saturated rings. The number of likely N-dealkylation sites (tertiary alicyclic amines) is 1. The van der Waals surface area contributed by atoms with Crippen molar-refractivity contribution in [2.75, 3.05) is 38.2 Å². The second kappa shape index (κ2) is 10.7. The van der Waals surface area contributed by atoms with Gasteiger partial charge in [0.05, 0.1) is 17.8 Å². The van der Waals surface area contributed by atoms with Gasteiger partial charge < -0.3 is 15.2 Å². The van der Waals surface area contributed by atoms with Gasteiger partial charge in [-0.15, -0.1) is 0 Å². The van der Waals surface area contributed by atoms with Gasteiger partial charge in [0.25, 0.3) is 0 Å². The Kier molecular flexibility index (Phi) is 6.86. The Hall–Kier alpha value is -3.57. The van der Waals surface area contributed by atoms with Crippen molar-refractivity contribution in [3.63, 3.8) is 0 Å². The van der Waals surface area contributed by atoms with E-state index in [1.807, 2.05) is 18.3 Å². The minimum atomic E-state index is -0.686. The van der Waals surface area contributed by atoms with Gasteiger partial charge in [-0.05, 0) is 87.5 Å². The fourth-order valence-electron chi connectivity index (χ4n) is 6.73. The van der Waals surface area contributed by atoms with Crippen LogP contribution in [0.3, 0.4) is 0 Å². The molecule has 11 heteroatoms. The molecule has 7 rings (SSSR count). The van der Waals surface area contributed by atoms with Crippen LogP contribution in [0.2, 0.25) is 0 Å². The summed E-state index contributed by atoms with van der Waals surface area (Å²) in [5.74, 6) is 0.0324. The molecule has 0 radical (unpaired) electrons. The Morgan fingerprint density at radius 3 is 2.56 bits per heavy atom. The number of aromatic nitrogens is 5. The summed E-state index contributed by atoms with van der Waals surface area (Å²) in [6.45, 7) is 4.77. The highest BCUT2D eigenvalue weighted by Gasteiger charge is 2.35. The van der Waals surface area contributed by atoms with Crippen LogP contribution in [0.25, 0.3) is 22.3 Å². The number of nitrogens with zero attached hydrogens (tertiary/aromatic N) is 6. The molecule has 3 aromatic heterocycles. The number of aryl methyl sites for hydroxylation is 1. The number of piperidine rings is 2. The van der Waals surface area contributed by atoms with Gasteiger partial charge in [0, 0.05) is 24.7 Å². The third kappa shape index (κ3) is 5.05. The Labute approximate surface area is 236 Å². The second-order valence-electron chi connectivity index (χ2n) is 11.7. The van der Waals surface area contributed by atoms with E-state index in [0.717, 1.165) is 44.5 Å². The molecule has 2 N–H and O–H groups in total. The highest BCUT2D eigenvalue weighted by Crippen LogP contribution is 2.40. The minimum Gasteiger partial charge on any atom is -0.322 e. The fraction of sp³-hybridized carbons (Fsp3) is 0.467. The predicted octanol–water partition coefficient (Wildman–Crippen LogP) is 5.33. The van der Waals surface area contributed by atoms with Crippen molar-refractivity contribution in [3.05, 3.63) is 59.7 Å². The molecule has 0 saturated carbocycles. The van der Waals surface area contributed by atoms with Crippen molar-refractivity contribution >= 4 is 22.8 Å². The Morgan fingerprint density at radius 2 is 1.80 bits per heavy atom. The summed E-state index contributed by atoms with van der Waals surface area (Å²) in [5.41, 5.74) is 2.44. The summed E-state index contributed by atoms with van der Waals surface area (Å²) in [6.07, 6.45) is 9.15. The maximum absolute atomic E-state index is 15.0. The van der Waals surface area contributed by atoms with E-state index in [1.54, 1.807) is 10.6 Å². The maximum atomic E-state index is 15.0. The lowest BCUT2D eigenvalue weighted by Crippen LogP contribution is -2.45. The summed E-state index contributed by atoms with van der Waals surface area (Å²) >= 11 is 0. The lowest BCUT2D eigenvalue weighted by atomic mass is 9.71. The van der Waals surface area contributed by atoms with Crippen LogP contribution in [-0.4, -0.2) is 62.3 Å². The van der Waals surface area contributed by atoms with E-state index in [1.165, 1.54) is 31.7 Å². The quantitative estimate of drug-likeness (QED) is 0.329. The molecule has 214 valence electrons. The molecule has 4 aromatic rings. The van der Waals surface area contributed by atoms with Crippen molar-refractivity contribution in [1.82, 2.24) is 34.7 Å². The zero-order valence-corrected chi connectivity index (χ0v) is 22.8. The Balaban J connectivity index is 1.06. The first-order valence-corrected chi connectivity index (χ1v) is 14.4. The number of anilines is 2. The third-order valence-corrected chi connectivity index (χ3v) is 9.14. The summed E-state index contributed by atoms with van der Waals surface area (Å²) in [5, 5.41) is 6.51. The molecule has 8 nitrogen and oxygen atoms in total. The molecule has 6 heterocycles. The van der Waals surface area contributed by atoms with Crippen LogP contribution >= 0.6 is 0 Å². The average molecular weight is 563 g/mol. The van der Waals surface area contributed by atoms with Crippen LogP contribution in [0.5, 0.6) is 0 Å².